The van der Waals surface area contributed by atoms with Crippen molar-refractivity contribution in [2.24, 2.45) is 4.99 Å². The minimum absolute atomic E-state index is 0.0210. The molecule has 6 heteroatoms. The molecule has 0 radical (unpaired) electrons. The zero-order chi connectivity index (χ0) is 19.2. The van der Waals surface area contributed by atoms with Gasteiger partial charge in [0.1, 0.15) is 6.54 Å². The first kappa shape index (κ1) is 18.8. The van der Waals surface area contributed by atoms with Crippen molar-refractivity contribution < 1.29 is 14.3 Å². The predicted octanol–water partition coefficient (Wildman–Crippen LogP) is 3.72. The number of thiazole rings is 1. The maximum atomic E-state index is 12.3. The van der Waals surface area contributed by atoms with Crippen molar-refractivity contribution in [2.75, 3.05) is 6.61 Å². The van der Waals surface area contributed by atoms with Crippen molar-refractivity contribution in [3.63, 3.8) is 0 Å². The molecule has 1 aromatic heterocycles. The van der Waals surface area contributed by atoms with Gasteiger partial charge in [-0.25, -0.2) is 0 Å². The van der Waals surface area contributed by atoms with Crippen molar-refractivity contribution in [1.29, 1.82) is 0 Å². The van der Waals surface area contributed by atoms with Crippen LogP contribution in [0.5, 0.6) is 0 Å². The third-order valence-electron chi connectivity index (χ3n) is 3.92. The van der Waals surface area contributed by atoms with E-state index in [4.69, 9.17) is 4.74 Å². The number of hydrogen-bond acceptors (Lipinski definition) is 4. The fourth-order valence-corrected chi connectivity index (χ4v) is 3.85. The zero-order valence-electron chi connectivity index (χ0n) is 15.2. The summed E-state index contributed by atoms with van der Waals surface area (Å²) in [6.45, 7) is 4.07. The Bertz CT molecular complexity index is 1060. The fourth-order valence-electron chi connectivity index (χ4n) is 2.74. The average molecular weight is 380 g/mol. The van der Waals surface area contributed by atoms with Crippen molar-refractivity contribution >= 4 is 39.5 Å². The molecule has 5 nitrogen and oxygen atoms in total. The number of carbonyl (C=O) groups is 2. The van der Waals surface area contributed by atoms with Crippen LogP contribution in [-0.4, -0.2) is 23.1 Å². The molecule has 3 aromatic rings. The summed E-state index contributed by atoms with van der Waals surface area (Å²) in [5, 5.41) is 0. The summed E-state index contributed by atoms with van der Waals surface area (Å²) in [5.74, 6) is -0.727. The second-order valence-electron chi connectivity index (χ2n) is 5.89. The smallest absolute Gasteiger partial charge is 0.326 e. The Balaban J connectivity index is 2.00. The van der Waals surface area contributed by atoms with E-state index in [2.05, 4.69) is 4.99 Å². The van der Waals surface area contributed by atoms with Gasteiger partial charge in [-0.1, -0.05) is 53.8 Å². The number of nitrogens with zero attached hydrogens (tertiary/aromatic N) is 2. The van der Waals surface area contributed by atoms with Crippen LogP contribution in [0.2, 0.25) is 0 Å². The molecule has 0 N–H and O–H groups in total. The third kappa shape index (κ3) is 4.60. The summed E-state index contributed by atoms with van der Waals surface area (Å²) in [4.78, 5) is 29.1. The molecule has 0 aliphatic heterocycles. The number of ether oxygens (including phenoxy) is 1. The van der Waals surface area contributed by atoms with Crippen LogP contribution in [0.4, 0.5) is 0 Å². The molecule has 2 aromatic carbocycles. The first-order valence-corrected chi connectivity index (χ1v) is 9.46. The molecule has 0 spiro atoms. The SMILES string of the molecule is CCOC(=O)Cn1c(=NC(=O)C=Cc2ccccc2)sc2cccc(C)c21. The number of rotatable bonds is 5. The molecule has 1 amide bonds. The van der Waals surface area contributed by atoms with E-state index in [-0.39, 0.29) is 18.4 Å². The number of amides is 1. The highest BCUT2D eigenvalue weighted by atomic mass is 32.1. The lowest BCUT2D eigenvalue weighted by Crippen LogP contribution is -2.23. The standard InChI is InChI=1S/C21H20N2O3S/c1-3-26-19(25)14-23-20-15(2)8-7-11-17(20)27-21(23)22-18(24)13-12-16-9-5-4-6-10-16/h4-13H,3,14H2,1-2H3. The van der Waals surface area contributed by atoms with Crippen LogP contribution >= 0.6 is 11.3 Å². The Morgan fingerprint density at radius 1 is 1.15 bits per heavy atom. The molecule has 0 saturated heterocycles. The van der Waals surface area contributed by atoms with Gasteiger partial charge in [-0.05, 0) is 37.1 Å². The van der Waals surface area contributed by atoms with Crippen LogP contribution in [0.1, 0.15) is 18.1 Å². The van der Waals surface area contributed by atoms with Crippen LogP contribution in [-0.2, 0) is 20.9 Å². The van der Waals surface area contributed by atoms with Gasteiger partial charge >= 0.3 is 5.97 Å². The van der Waals surface area contributed by atoms with Gasteiger partial charge < -0.3 is 9.30 Å². The quantitative estimate of drug-likeness (QED) is 0.501. The lowest BCUT2D eigenvalue weighted by atomic mass is 10.2. The van der Waals surface area contributed by atoms with Gasteiger partial charge in [-0.3, -0.25) is 9.59 Å². The van der Waals surface area contributed by atoms with Gasteiger partial charge in [0.15, 0.2) is 4.80 Å². The van der Waals surface area contributed by atoms with Crippen molar-refractivity contribution in [2.45, 2.75) is 20.4 Å². The second-order valence-corrected chi connectivity index (χ2v) is 6.90. The largest absolute Gasteiger partial charge is 0.465 e. The maximum absolute atomic E-state index is 12.3. The normalized spacial score (nSPS) is 12.0. The number of hydrogen-bond donors (Lipinski definition) is 0. The summed E-state index contributed by atoms with van der Waals surface area (Å²) < 4.78 is 7.80. The van der Waals surface area contributed by atoms with E-state index < -0.39 is 0 Å². The Morgan fingerprint density at radius 2 is 1.93 bits per heavy atom. The average Bonchev–Trinajstić information content (AvgIpc) is 2.99. The summed E-state index contributed by atoms with van der Waals surface area (Å²) in [6.07, 6.45) is 3.15. The van der Waals surface area contributed by atoms with E-state index >= 15 is 0 Å². The van der Waals surface area contributed by atoms with E-state index in [1.165, 1.54) is 17.4 Å². The second kappa shape index (κ2) is 8.60. The zero-order valence-corrected chi connectivity index (χ0v) is 16.0. The summed E-state index contributed by atoms with van der Waals surface area (Å²) in [5.41, 5.74) is 2.84. The Kier molecular flexibility index (Phi) is 5.98. The Labute approximate surface area is 161 Å². The molecule has 27 heavy (non-hydrogen) atoms. The van der Waals surface area contributed by atoms with Gasteiger partial charge in [0.05, 0.1) is 16.8 Å². The number of para-hydroxylation sites is 1. The molecular formula is C21H20N2O3S. The molecule has 0 saturated carbocycles. The molecule has 0 atom stereocenters. The maximum Gasteiger partial charge on any atom is 0.326 e. The molecule has 1 heterocycles. The molecule has 0 bridgehead atoms. The molecule has 138 valence electrons. The van der Waals surface area contributed by atoms with Crippen LogP contribution in [0.3, 0.4) is 0 Å². The Hall–Kier alpha value is -2.99. The highest BCUT2D eigenvalue weighted by molar-refractivity contribution is 7.16. The monoisotopic (exact) mass is 380 g/mol. The molecule has 0 fully saturated rings. The molecule has 0 aliphatic rings. The van der Waals surface area contributed by atoms with Gasteiger partial charge in [0.25, 0.3) is 5.91 Å². The minimum atomic E-state index is -0.374. The highest BCUT2D eigenvalue weighted by Gasteiger charge is 2.13. The summed E-state index contributed by atoms with van der Waals surface area (Å²) in [6, 6.07) is 15.4. The lowest BCUT2D eigenvalue weighted by molar-refractivity contribution is -0.143. The van der Waals surface area contributed by atoms with Crippen molar-refractivity contribution in [3.05, 3.63) is 70.5 Å². The van der Waals surface area contributed by atoms with Crippen molar-refractivity contribution in [1.82, 2.24) is 4.57 Å². The molecule has 0 aliphatic carbocycles. The van der Waals surface area contributed by atoms with Gasteiger partial charge in [-0.2, -0.15) is 4.99 Å². The summed E-state index contributed by atoms with van der Waals surface area (Å²) in [7, 11) is 0. The number of esters is 1. The summed E-state index contributed by atoms with van der Waals surface area (Å²) >= 11 is 1.38. The fraction of sp³-hybridized carbons (Fsp3) is 0.190. The van der Waals surface area contributed by atoms with E-state index in [9.17, 15) is 9.59 Å². The number of aromatic nitrogens is 1. The van der Waals surface area contributed by atoms with Crippen LogP contribution in [0.15, 0.2) is 59.6 Å². The van der Waals surface area contributed by atoms with E-state index in [1.54, 1.807) is 17.6 Å². The molecular weight excluding hydrogens is 360 g/mol. The van der Waals surface area contributed by atoms with Crippen molar-refractivity contribution in [3.8, 4) is 0 Å². The first-order valence-electron chi connectivity index (χ1n) is 8.65. The van der Waals surface area contributed by atoms with E-state index in [0.717, 1.165) is 21.3 Å². The number of aryl methyl sites for hydroxylation is 1. The Morgan fingerprint density at radius 3 is 2.67 bits per heavy atom. The number of benzene rings is 2. The highest BCUT2D eigenvalue weighted by Crippen LogP contribution is 2.21. The van der Waals surface area contributed by atoms with Gasteiger partial charge in [0.2, 0.25) is 0 Å². The lowest BCUT2D eigenvalue weighted by Gasteiger charge is -2.06. The van der Waals surface area contributed by atoms with E-state index in [0.29, 0.717) is 11.4 Å². The topological polar surface area (TPSA) is 60.7 Å². The third-order valence-corrected chi connectivity index (χ3v) is 4.96. The molecule has 0 unspecified atom stereocenters. The van der Waals surface area contributed by atoms with E-state index in [1.807, 2.05) is 55.5 Å². The van der Waals surface area contributed by atoms with Crippen LogP contribution in [0.25, 0.3) is 16.3 Å². The van der Waals surface area contributed by atoms with Crippen LogP contribution < -0.4 is 4.80 Å². The predicted molar refractivity (Wildman–Crippen MR) is 107 cm³/mol. The van der Waals surface area contributed by atoms with Gasteiger partial charge in [0, 0.05) is 6.08 Å². The van der Waals surface area contributed by atoms with Gasteiger partial charge in [-0.15, -0.1) is 0 Å². The number of carbonyl (C=O) groups excluding carboxylic acids is 2. The minimum Gasteiger partial charge on any atom is -0.465 e. The van der Waals surface area contributed by atoms with Crippen LogP contribution in [0, 0.1) is 6.92 Å². The molecule has 3 rings (SSSR count). The number of fused-ring (bicyclic) bond motifs is 1. The first-order chi connectivity index (χ1) is 13.1.